The minimum absolute atomic E-state index is 0. The molecule has 1 fully saturated rings. The molecule has 4 heteroatoms. The smallest absolute Gasteiger partial charge is 0.165 e. The Hall–Kier alpha value is -0.870. The number of thioether (sulfide) groups is 1. The van der Waals surface area contributed by atoms with Gasteiger partial charge in [-0.25, -0.2) is 0 Å². The molecule has 1 aromatic rings. The van der Waals surface area contributed by atoms with E-state index in [1.807, 2.05) is 17.8 Å². The number of ether oxygens (including phenoxy) is 2. The summed E-state index contributed by atoms with van der Waals surface area (Å²) in [6, 6.07) is 4.93. The molecule has 0 N–H and O–H groups in total. The lowest BCUT2D eigenvalue weighted by atomic mass is 9.92. The number of methoxy groups -OCH3 is 2. The molecule has 0 spiro atoms. The van der Waals surface area contributed by atoms with Crippen molar-refractivity contribution in [2.45, 2.75) is 43.5 Å². The molecular weight excluding hydrogens is 282 g/mol. The fraction of sp³-hybridized carbons (Fsp3) is 0.647. The number of rotatable bonds is 4. The summed E-state index contributed by atoms with van der Waals surface area (Å²) in [6.07, 6.45) is 3.91. The van der Waals surface area contributed by atoms with Gasteiger partial charge >= 0.3 is 0 Å². The van der Waals surface area contributed by atoms with Gasteiger partial charge in [-0.2, -0.15) is 0 Å². The first-order valence-corrected chi connectivity index (χ1v) is 8.31. The zero-order chi connectivity index (χ0) is 14.1. The molecular formula is C17H27NO2S. The molecule has 0 aliphatic carbocycles. The zero-order valence-corrected chi connectivity index (χ0v) is 13.3. The van der Waals surface area contributed by atoms with Crippen LogP contribution < -0.4 is 9.47 Å². The van der Waals surface area contributed by atoms with Crippen LogP contribution in [-0.2, 0) is 0 Å². The van der Waals surface area contributed by atoms with E-state index in [1.54, 1.807) is 14.2 Å². The minimum atomic E-state index is 0. The summed E-state index contributed by atoms with van der Waals surface area (Å²) in [4.78, 5) is 3.88. The maximum Gasteiger partial charge on any atom is 0.165 e. The van der Waals surface area contributed by atoms with E-state index in [0.717, 1.165) is 17.5 Å². The second kappa shape index (κ2) is 6.93. The SMILES string of the molecule is C.COc1ccc2c(c1OC)C(CC1CCCN1C)CS2. The Kier molecular flexibility index (Phi) is 5.44. The Morgan fingerprint density at radius 2 is 2.10 bits per heavy atom. The van der Waals surface area contributed by atoms with Crippen LogP contribution in [0.4, 0.5) is 0 Å². The van der Waals surface area contributed by atoms with Gasteiger partial charge in [0.05, 0.1) is 14.2 Å². The van der Waals surface area contributed by atoms with Gasteiger partial charge in [0.15, 0.2) is 11.5 Å². The van der Waals surface area contributed by atoms with Crippen molar-refractivity contribution >= 4 is 11.8 Å². The number of hydrogen-bond acceptors (Lipinski definition) is 4. The zero-order valence-electron chi connectivity index (χ0n) is 12.5. The predicted molar refractivity (Wildman–Crippen MR) is 90.0 cm³/mol. The van der Waals surface area contributed by atoms with Crippen LogP contribution in [0.5, 0.6) is 11.5 Å². The summed E-state index contributed by atoms with van der Waals surface area (Å²) in [5, 5.41) is 0. The highest BCUT2D eigenvalue weighted by Crippen LogP contribution is 2.50. The lowest BCUT2D eigenvalue weighted by molar-refractivity contribution is 0.283. The van der Waals surface area contributed by atoms with Gasteiger partial charge in [-0.1, -0.05) is 7.43 Å². The topological polar surface area (TPSA) is 21.7 Å². The van der Waals surface area contributed by atoms with Crippen LogP contribution >= 0.6 is 11.8 Å². The standard InChI is InChI=1S/C16H23NO2S.CH4/c1-17-8-4-5-12(17)9-11-10-20-14-7-6-13(18-2)16(19-3)15(11)14;/h6-7,11-12H,4-5,8-10H2,1-3H3;1H4. The van der Waals surface area contributed by atoms with E-state index in [4.69, 9.17) is 9.47 Å². The first-order valence-electron chi connectivity index (χ1n) is 7.32. The molecule has 1 aromatic carbocycles. The molecule has 0 saturated carbocycles. The molecule has 0 aromatic heterocycles. The Morgan fingerprint density at radius 3 is 2.71 bits per heavy atom. The van der Waals surface area contributed by atoms with Crippen LogP contribution in [0.2, 0.25) is 0 Å². The predicted octanol–water partition coefficient (Wildman–Crippen LogP) is 4.01. The first kappa shape index (κ1) is 16.5. The molecule has 3 nitrogen and oxygen atoms in total. The highest BCUT2D eigenvalue weighted by atomic mass is 32.2. The fourth-order valence-electron chi connectivity index (χ4n) is 3.51. The van der Waals surface area contributed by atoms with Crippen LogP contribution in [0, 0.1) is 0 Å². The molecule has 0 radical (unpaired) electrons. The summed E-state index contributed by atoms with van der Waals surface area (Å²) in [6.45, 7) is 1.24. The molecule has 21 heavy (non-hydrogen) atoms. The molecule has 2 unspecified atom stereocenters. The molecule has 118 valence electrons. The molecule has 3 rings (SSSR count). The Bertz CT molecular complexity index is 492. The van der Waals surface area contributed by atoms with Crippen molar-refractivity contribution in [3.05, 3.63) is 17.7 Å². The molecule has 0 bridgehead atoms. The van der Waals surface area contributed by atoms with Crippen molar-refractivity contribution in [3.8, 4) is 11.5 Å². The lowest BCUT2D eigenvalue weighted by Gasteiger charge is -2.24. The maximum atomic E-state index is 5.65. The van der Waals surface area contributed by atoms with Gasteiger partial charge in [0.1, 0.15) is 0 Å². The minimum Gasteiger partial charge on any atom is -0.493 e. The van der Waals surface area contributed by atoms with Gasteiger partial charge in [0.2, 0.25) is 0 Å². The normalized spacial score (nSPS) is 24.5. The van der Waals surface area contributed by atoms with Crippen molar-refractivity contribution in [1.82, 2.24) is 4.90 Å². The van der Waals surface area contributed by atoms with Gasteiger partial charge < -0.3 is 14.4 Å². The van der Waals surface area contributed by atoms with E-state index in [2.05, 4.69) is 18.0 Å². The van der Waals surface area contributed by atoms with E-state index in [1.165, 1.54) is 42.0 Å². The number of nitrogens with zero attached hydrogens (tertiary/aromatic N) is 1. The highest BCUT2D eigenvalue weighted by molar-refractivity contribution is 7.99. The quantitative estimate of drug-likeness (QED) is 0.837. The van der Waals surface area contributed by atoms with Crippen LogP contribution in [-0.4, -0.2) is 44.5 Å². The average Bonchev–Trinajstić information content (AvgIpc) is 3.05. The Morgan fingerprint density at radius 1 is 1.29 bits per heavy atom. The molecule has 2 aliphatic rings. The van der Waals surface area contributed by atoms with Crippen molar-refractivity contribution in [2.24, 2.45) is 0 Å². The monoisotopic (exact) mass is 309 g/mol. The van der Waals surface area contributed by atoms with E-state index in [0.29, 0.717) is 5.92 Å². The van der Waals surface area contributed by atoms with E-state index in [-0.39, 0.29) is 7.43 Å². The molecule has 2 aliphatic heterocycles. The average molecular weight is 309 g/mol. The molecule has 2 atom stereocenters. The number of likely N-dealkylation sites (tertiary alicyclic amines) is 1. The third-order valence-corrected chi connectivity index (χ3v) is 5.86. The summed E-state index contributed by atoms with van der Waals surface area (Å²) in [5.74, 6) is 3.56. The highest BCUT2D eigenvalue weighted by Gasteiger charge is 2.33. The van der Waals surface area contributed by atoms with Gasteiger partial charge in [-0.15, -0.1) is 11.8 Å². The van der Waals surface area contributed by atoms with Crippen LogP contribution in [0.15, 0.2) is 17.0 Å². The van der Waals surface area contributed by atoms with Gasteiger partial charge in [-0.05, 0) is 50.9 Å². The van der Waals surface area contributed by atoms with Gasteiger partial charge in [-0.3, -0.25) is 0 Å². The third-order valence-electron chi connectivity index (χ3n) is 4.62. The van der Waals surface area contributed by atoms with Gasteiger partial charge in [0, 0.05) is 22.3 Å². The Labute approximate surface area is 133 Å². The van der Waals surface area contributed by atoms with Crippen molar-refractivity contribution < 1.29 is 9.47 Å². The van der Waals surface area contributed by atoms with Crippen LogP contribution in [0.25, 0.3) is 0 Å². The summed E-state index contributed by atoms with van der Waals surface area (Å²) < 4.78 is 11.1. The van der Waals surface area contributed by atoms with Crippen LogP contribution in [0.1, 0.15) is 38.2 Å². The second-order valence-corrected chi connectivity index (χ2v) is 6.80. The van der Waals surface area contributed by atoms with Crippen molar-refractivity contribution in [1.29, 1.82) is 0 Å². The summed E-state index contributed by atoms with van der Waals surface area (Å²) in [5.41, 5.74) is 1.37. The largest absolute Gasteiger partial charge is 0.493 e. The van der Waals surface area contributed by atoms with Gasteiger partial charge in [0.25, 0.3) is 0 Å². The lowest BCUT2D eigenvalue weighted by Crippen LogP contribution is -2.26. The van der Waals surface area contributed by atoms with E-state index < -0.39 is 0 Å². The maximum absolute atomic E-state index is 5.65. The van der Waals surface area contributed by atoms with Crippen molar-refractivity contribution in [3.63, 3.8) is 0 Å². The fourth-order valence-corrected chi connectivity index (χ4v) is 4.77. The molecule has 2 heterocycles. The summed E-state index contributed by atoms with van der Waals surface area (Å²) >= 11 is 1.96. The molecule has 1 saturated heterocycles. The number of fused-ring (bicyclic) bond motifs is 1. The number of benzene rings is 1. The number of hydrogen-bond donors (Lipinski definition) is 0. The molecule has 0 amide bonds. The first-order chi connectivity index (χ1) is 9.74. The van der Waals surface area contributed by atoms with Crippen molar-refractivity contribution in [2.75, 3.05) is 33.6 Å². The van der Waals surface area contributed by atoms with E-state index >= 15 is 0 Å². The Balaban J connectivity index is 0.00000161. The van der Waals surface area contributed by atoms with E-state index in [9.17, 15) is 0 Å². The summed E-state index contributed by atoms with van der Waals surface area (Å²) in [7, 11) is 5.72. The van der Waals surface area contributed by atoms with Crippen LogP contribution in [0.3, 0.4) is 0 Å². The third kappa shape index (κ3) is 3.02. The second-order valence-electron chi connectivity index (χ2n) is 5.73.